The van der Waals surface area contributed by atoms with E-state index in [0.29, 0.717) is 28.3 Å². The van der Waals surface area contributed by atoms with Gasteiger partial charge in [-0.3, -0.25) is 4.79 Å². The number of amides is 1. The second-order valence-electron chi connectivity index (χ2n) is 9.96. The number of anilines is 3. The number of rotatable bonds is 8. The summed E-state index contributed by atoms with van der Waals surface area (Å²) in [5.74, 6) is -0.291. The smallest absolute Gasteiger partial charge is 0.257 e. The number of carbonyl (C=O) groups excluding carboxylic acids is 1. The zero-order chi connectivity index (χ0) is 28.8. The fraction of sp³-hybridized carbons (Fsp3) is 0.182. The molecular formula is C33H35N7O. The van der Waals surface area contributed by atoms with Crippen LogP contribution in [0.25, 0.3) is 10.9 Å². The van der Waals surface area contributed by atoms with Gasteiger partial charge in [-0.1, -0.05) is 13.8 Å². The zero-order valence-corrected chi connectivity index (χ0v) is 23.4. The molecule has 0 aliphatic carbocycles. The molecule has 5 aromatic rings. The Morgan fingerprint density at radius 2 is 1.51 bits per heavy atom. The van der Waals surface area contributed by atoms with E-state index in [1.54, 1.807) is 18.2 Å². The maximum absolute atomic E-state index is 13.0. The number of carbonyl (C=O) groups is 1. The minimum atomic E-state index is -0.291. The Morgan fingerprint density at radius 3 is 2.22 bits per heavy atom. The molecule has 0 unspecified atom stereocenters. The number of aromatic nitrogens is 2. The highest BCUT2D eigenvalue weighted by atomic mass is 16.1. The maximum Gasteiger partial charge on any atom is 0.257 e. The van der Waals surface area contributed by atoms with Crippen molar-refractivity contribution in [1.29, 1.82) is 0 Å². The van der Waals surface area contributed by atoms with Crippen molar-refractivity contribution in [1.82, 2.24) is 9.13 Å². The number of nitrogens with two attached hydrogens (primary N) is 2. The normalized spacial score (nSPS) is 11.5. The van der Waals surface area contributed by atoms with Gasteiger partial charge in [0.2, 0.25) is 0 Å². The van der Waals surface area contributed by atoms with Crippen molar-refractivity contribution in [2.45, 2.75) is 39.8 Å². The van der Waals surface area contributed by atoms with Gasteiger partial charge in [-0.25, -0.2) is 9.98 Å². The SMILES string of the molecule is CCCn1ccc(=Nc2ccc(NC(=O)c3ccc(N=c4ccn(CCC)c5ccc(N)cc45)cc3N)cc2)cc1. The predicted octanol–water partition coefficient (Wildman–Crippen LogP) is 6.14. The largest absolute Gasteiger partial charge is 0.399 e. The van der Waals surface area contributed by atoms with E-state index in [0.717, 1.165) is 53.2 Å². The van der Waals surface area contributed by atoms with Crippen LogP contribution < -0.4 is 27.5 Å². The second kappa shape index (κ2) is 12.4. The van der Waals surface area contributed by atoms with Gasteiger partial charge in [-0.2, -0.15) is 0 Å². The molecule has 2 heterocycles. The first kappa shape index (κ1) is 27.5. The minimum Gasteiger partial charge on any atom is -0.399 e. The first-order chi connectivity index (χ1) is 19.9. The van der Waals surface area contributed by atoms with Crippen molar-refractivity contribution in [3.8, 4) is 0 Å². The van der Waals surface area contributed by atoms with Gasteiger partial charge in [0.1, 0.15) is 0 Å². The number of hydrogen-bond acceptors (Lipinski definition) is 5. The van der Waals surface area contributed by atoms with Crippen LogP contribution >= 0.6 is 0 Å². The van der Waals surface area contributed by atoms with Crippen molar-refractivity contribution in [3.63, 3.8) is 0 Å². The van der Waals surface area contributed by atoms with Crippen LogP contribution in [0.2, 0.25) is 0 Å². The van der Waals surface area contributed by atoms with E-state index in [2.05, 4.69) is 33.3 Å². The van der Waals surface area contributed by atoms with E-state index in [1.807, 2.05) is 79.3 Å². The summed E-state index contributed by atoms with van der Waals surface area (Å²) in [4.78, 5) is 22.5. The molecule has 0 bridgehead atoms. The van der Waals surface area contributed by atoms with E-state index >= 15 is 0 Å². The number of benzene rings is 3. The van der Waals surface area contributed by atoms with Gasteiger partial charge in [0.15, 0.2) is 0 Å². The number of fused-ring (bicyclic) bond motifs is 1. The summed E-state index contributed by atoms with van der Waals surface area (Å²) < 4.78 is 4.33. The lowest BCUT2D eigenvalue weighted by atomic mass is 10.1. The third-order valence-electron chi connectivity index (χ3n) is 6.75. The van der Waals surface area contributed by atoms with Crippen LogP contribution in [0.3, 0.4) is 0 Å². The van der Waals surface area contributed by atoms with Gasteiger partial charge in [0, 0.05) is 54.1 Å². The summed E-state index contributed by atoms with van der Waals surface area (Å²) in [6.07, 6.45) is 8.19. The van der Waals surface area contributed by atoms with Crippen LogP contribution in [0, 0.1) is 0 Å². The zero-order valence-electron chi connectivity index (χ0n) is 23.4. The van der Waals surface area contributed by atoms with Gasteiger partial charge in [0.25, 0.3) is 5.91 Å². The molecular weight excluding hydrogens is 510 g/mol. The van der Waals surface area contributed by atoms with Crippen LogP contribution in [0.4, 0.5) is 28.4 Å². The number of hydrogen-bond donors (Lipinski definition) is 3. The summed E-state index contributed by atoms with van der Waals surface area (Å²) in [5, 5.41) is 5.54. The van der Waals surface area contributed by atoms with Crippen LogP contribution in [0.1, 0.15) is 37.0 Å². The number of pyridine rings is 2. The molecule has 0 atom stereocenters. The lowest BCUT2D eigenvalue weighted by molar-refractivity contribution is 0.102. The molecule has 2 aromatic heterocycles. The first-order valence-corrected chi connectivity index (χ1v) is 13.9. The molecule has 1 amide bonds. The van der Waals surface area contributed by atoms with E-state index in [-0.39, 0.29) is 5.91 Å². The Hall–Kier alpha value is -5.11. The number of nitrogen functional groups attached to an aromatic ring is 2. The lowest BCUT2D eigenvalue weighted by Crippen LogP contribution is -2.14. The van der Waals surface area contributed by atoms with E-state index in [1.165, 1.54) is 0 Å². The van der Waals surface area contributed by atoms with Gasteiger partial charge in [-0.15, -0.1) is 0 Å². The number of nitrogens with zero attached hydrogens (tertiary/aromatic N) is 4. The van der Waals surface area contributed by atoms with Gasteiger partial charge in [-0.05, 0) is 91.7 Å². The van der Waals surface area contributed by atoms with Crippen molar-refractivity contribution in [3.05, 3.63) is 114 Å². The van der Waals surface area contributed by atoms with Gasteiger partial charge < -0.3 is 25.9 Å². The van der Waals surface area contributed by atoms with Crippen LogP contribution in [0.5, 0.6) is 0 Å². The molecule has 41 heavy (non-hydrogen) atoms. The highest BCUT2D eigenvalue weighted by Gasteiger charge is 2.11. The van der Waals surface area contributed by atoms with Crippen LogP contribution in [-0.2, 0) is 13.1 Å². The number of nitrogens with one attached hydrogen (secondary N) is 1. The molecule has 0 saturated heterocycles. The average molecular weight is 546 g/mol. The molecule has 0 fully saturated rings. The second-order valence-corrected chi connectivity index (χ2v) is 9.96. The fourth-order valence-corrected chi connectivity index (χ4v) is 4.74. The van der Waals surface area contributed by atoms with Crippen LogP contribution in [0.15, 0.2) is 107 Å². The predicted molar refractivity (Wildman–Crippen MR) is 167 cm³/mol. The first-order valence-electron chi connectivity index (χ1n) is 13.9. The molecule has 0 aliphatic heterocycles. The molecule has 0 radical (unpaired) electrons. The van der Waals surface area contributed by atoms with Crippen LogP contribution in [-0.4, -0.2) is 15.0 Å². The molecule has 0 saturated carbocycles. The average Bonchev–Trinajstić information content (AvgIpc) is 2.96. The molecule has 208 valence electrons. The summed E-state index contributed by atoms with van der Waals surface area (Å²) in [6, 6.07) is 24.4. The molecule has 0 spiro atoms. The standard InChI is InChI=1S/C33H35N7O/c1-3-16-39-18-13-26(14-19-39)36-24-6-8-25(9-7-24)38-33(41)28-11-10-27(22-30(28)35)37-31-15-20-40(17-4-2)32-12-5-23(34)21-29(31)32/h5-15,18-22H,3-4,16-17,34-35H2,1-2H3,(H,38,41). The lowest BCUT2D eigenvalue weighted by Gasteiger charge is -2.11. The van der Waals surface area contributed by atoms with Gasteiger partial charge in [0.05, 0.1) is 33.2 Å². The molecule has 0 aliphatic rings. The monoisotopic (exact) mass is 545 g/mol. The third kappa shape index (κ3) is 6.55. The third-order valence-corrected chi connectivity index (χ3v) is 6.75. The molecule has 5 N–H and O–H groups in total. The topological polar surface area (TPSA) is 116 Å². The van der Waals surface area contributed by atoms with E-state index < -0.39 is 0 Å². The van der Waals surface area contributed by atoms with E-state index in [9.17, 15) is 4.79 Å². The molecule has 8 nitrogen and oxygen atoms in total. The Balaban J connectivity index is 1.33. The Morgan fingerprint density at radius 1 is 0.780 bits per heavy atom. The molecule has 3 aromatic carbocycles. The highest BCUT2D eigenvalue weighted by molar-refractivity contribution is 6.08. The van der Waals surface area contributed by atoms with Crippen molar-refractivity contribution < 1.29 is 4.79 Å². The maximum atomic E-state index is 13.0. The summed E-state index contributed by atoms with van der Waals surface area (Å²) >= 11 is 0. The van der Waals surface area contributed by atoms with Crippen molar-refractivity contribution >= 4 is 45.2 Å². The Labute approximate surface area is 239 Å². The van der Waals surface area contributed by atoms with E-state index in [4.69, 9.17) is 16.5 Å². The Kier molecular flexibility index (Phi) is 8.29. The Bertz CT molecular complexity index is 1810. The minimum absolute atomic E-state index is 0.291. The summed E-state index contributed by atoms with van der Waals surface area (Å²) in [6.45, 7) is 6.18. The molecule has 8 heteroatoms. The number of aryl methyl sites for hydroxylation is 2. The fourth-order valence-electron chi connectivity index (χ4n) is 4.74. The quantitative estimate of drug-likeness (QED) is 0.203. The summed E-state index contributed by atoms with van der Waals surface area (Å²) in [7, 11) is 0. The highest BCUT2D eigenvalue weighted by Crippen LogP contribution is 2.23. The molecule has 5 rings (SSSR count). The summed E-state index contributed by atoms with van der Waals surface area (Å²) in [5.41, 5.74) is 17.0. The van der Waals surface area contributed by atoms with Crippen molar-refractivity contribution in [2.24, 2.45) is 9.98 Å². The van der Waals surface area contributed by atoms with Gasteiger partial charge >= 0.3 is 0 Å². The van der Waals surface area contributed by atoms with Crippen molar-refractivity contribution in [2.75, 3.05) is 16.8 Å².